The van der Waals surface area contributed by atoms with Crippen molar-refractivity contribution in [2.45, 2.75) is 12.8 Å². The highest BCUT2D eigenvalue weighted by Crippen LogP contribution is 2.33. The number of aromatic nitrogens is 2. The quantitative estimate of drug-likeness (QED) is 0.857. The Hall–Kier alpha value is -3.03. The van der Waals surface area contributed by atoms with Gasteiger partial charge < -0.3 is 19.3 Å². The summed E-state index contributed by atoms with van der Waals surface area (Å²) in [4.78, 5) is 36.1. The standard InChI is InChI=1S/C18H20N4O4/c1-21(2)18-19-13-6-8-22(7-5-12(13)16(23)20-18)17(24)11-3-4-14-15(9-11)26-10-25-14/h3-4,9H,5-8,10H2,1-2H3,(H,19,20,23). The van der Waals surface area contributed by atoms with Crippen LogP contribution in [-0.4, -0.2) is 54.8 Å². The SMILES string of the molecule is CN(C)c1nc2c(c(=O)[nH]1)CCN(C(=O)c1ccc3c(c1)OCO3)CC2. The first kappa shape index (κ1) is 16.4. The smallest absolute Gasteiger partial charge is 0.255 e. The first-order chi connectivity index (χ1) is 12.5. The molecule has 1 amide bonds. The Bertz CT molecular complexity index is 922. The van der Waals surface area contributed by atoms with Crippen molar-refractivity contribution in [3.63, 3.8) is 0 Å². The van der Waals surface area contributed by atoms with Crippen molar-refractivity contribution in [2.75, 3.05) is 38.9 Å². The third kappa shape index (κ3) is 2.87. The molecule has 0 spiro atoms. The lowest BCUT2D eigenvalue weighted by molar-refractivity contribution is 0.0762. The van der Waals surface area contributed by atoms with E-state index in [0.29, 0.717) is 54.5 Å². The van der Waals surface area contributed by atoms with E-state index in [2.05, 4.69) is 9.97 Å². The van der Waals surface area contributed by atoms with E-state index in [9.17, 15) is 9.59 Å². The van der Waals surface area contributed by atoms with Crippen LogP contribution >= 0.6 is 0 Å². The maximum atomic E-state index is 12.9. The number of fused-ring (bicyclic) bond motifs is 2. The van der Waals surface area contributed by atoms with E-state index >= 15 is 0 Å². The van der Waals surface area contributed by atoms with Crippen molar-refractivity contribution in [1.82, 2.24) is 14.9 Å². The molecule has 0 atom stereocenters. The molecule has 0 bridgehead atoms. The summed E-state index contributed by atoms with van der Waals surface area (Å²) >= 11 is 0. The minimum atomic E-state index is -0.129. The fraction of sp³-hybridized carbons (Fsp3) is 0.389. The van der Waals surface area contributed by atoms with Crippen molar-refractivity contribution in [2.24, 2.45) is 0 Å². The number of rotatable bonds is 2. The van der Waals surface area contributed by atoms with Crippen LogP contribution in [0, 0.1) is 0 Å². The molecule has 8 nitrogen and oxygen atoms in total. The zero-order chi connectivity index (χ0) is 18.3. The number of H-pyrrole nitrogens is 1. The lowest BCUT2D eigenvalue weighted by Gasteiger charge is -2.20. The van der Waals surface area contributed by atoms with Gasteiger partial charge in [0.05, 0.1) is 5.69 Å². The van der Waals surface area contributed by atoms with Crippen LogP contribution in [-0.2, 0) is 12.8 Å². The average Bonchev–Trinajstić information content (AvgIpc) is 2.99. The normalized spacial score (nSPS) is 15.4. The fourth-order valence-electron chi connectivity index (χ4n) is 3.22. The fourth-order valence-corrected chi connectivity index (χ4v) is 3.22. The monoisotopic (exact) mass is 356 g/mol. The molecule has 0 unspecified atom stereocenters. The van der Waals surface area contributed by atoms with Gasteiger partial charge in [0.25, 0.3) is 11.5 Å². The predicted octanol–water partition coefficient (Wildman–Crippen LogP) is 0.806. The second kappa shape index (κ2) is 6.36. The maximum Gasteiger partial charge on any atom is 0.255 e. The predicted molar refractivity (Wildman–Crippen MR) is 95.1 cm³/mol. The zero-order valence-electron chi connectivity index (χ0n) is 14.7. The Labute approximate surface area is 150 Å². The van der Waals surface area contributed by atoms with Gasteiger partial charge in [0.1, 0.15) is 0 Å². The van der Waals surface area contributed by atoms with E-state index in [4.69, 9.17) is 9.47 Å². The molecule has 2 aliphatic heterocycles. The number of benzene rings is 1. The third-order valence-electron chi connectivity index (χ3n) is 4.67. The molecule has 2 aliphatic rings. The number of nitrogens with one attached hydrogen (secondary N) is 1. The number of carbonyl (C=O) groups is 1. The molecule has 1 aromatic heterocycles. The molecule has 4 rings (SSSR count). The summed E-state index contributed by atoms with van der Waals surface area (Å²) in [6.45, 7) is 1.17. The van der Waals surface area contributed by atoms with Gasteiger partial charge >= 0.3 is 0 Å². The van der Waals surface area contributed by atoms with Gasteiger partial charge in [-0.2, -0.15) is 0 Å². The van der Waals surface area contributed by atoms with Crippen molar-refractivity contribution in [3.8, 4) is 11.5 Å². The number of hydrogen-bond donors (Lipinski definition) is 1. The van der Waals surface area contributed by atoms with Gasteiger partial charge in [0.15, 0.2) is 11.5 Å². The van der Waals surface area contributed by atoms with Crippen LogP contribution in [0.15, 0.2) is 23.0 Å². The number of aromatic amines is 1. The van der Waals surface area contributed by atoms with E-state index in [-0.39, 0.29) is 18.3 Å². The first-order valence-corrected chi connectivity index (χ1v) is 8.51. The highest BCUT2D eigenvalue weighted by atomic mass is 16.7. The second-order valence-corrected chi connectivity index (χ2v) is 6.57. The molecular formula is C18H20N4O4. The molecule has 8 heteroatoms. The number of anilines is 1. The van der Waals surface area contributed by atoms with Gasteiger partial charge in [-0.25, -0.2) is 4.98 Å². The van der Waals surface area contributed by atoms with E-state index in [1.165, 1.54) is 0 Å². The minimum Gasteiger partial charge on any atom is -0.454 e. The van der Waals surface area contributed by atoms with E-state index in [1.54, 1.807) is 28.0 Å². The highest BCUT2D eigenvalue weighted by Gasteiger charge is 2.24. The molecule has 0 fully saturated rings. The molecule has 3 heterocycles. The van der Waals surface area contributed by atoms with E-state index in [0.717, 1.165) is 5.69 Å². The van der Waals surface area contributed by atoms with Crippen LogP contribution in [0.5, 0.6) is 11.5 Å². The molecule has 0 aliphatic carbocycles. The summed E-state index contributed by atoms with van der Waals surface area (Å²) in [5, 5.41) is 0. The molecular weight excluding hydrogens is 336 g/mol. The third-order valence-corrected chi connectivity index (χ3v) is 4.67. The molecule has 0 saturated carbocycles. The lowest BCUT2D eigenvalue weighted by atomic mass is 10.1. The Morgan fingerprint density at radius 3 is 2.77 bits per heavy atom. The highest BCUT2D eigenvalue weighted by molar-refractivity contribution is 5.95. The number of nitrogens with zero attached hydrogens (tertiary/aromatic N) is 3. The summed E-state index contributed by atoms with van der Waals surface area (Å²) in [5.74, 6) is 1.68. The Morgan fingerprint density at radius 2 is 1.96 bits per heavy atom. The first-order valence-electron chi connectivity index (χ1n) is 8.51. The molecule has 0 saturated heterocycles. The second-order valence-electron chi connectivity index (χ2n) is 6.57. The van der Waals surface area contributed by atoms with Crippen LogP contribution in [0.3, 0.4) is 0 Å². The zero-order valence-corrected chi connectivity index (χ0v) is 14.7. The Morgan fingerprint density at radius 1 is 1.19 bits per heavy atom. The number of amides is 1. The molecule has 1 aromatic carbocycles. The number of carbonyl (C=O) groups excluding carboxylic acids is 1. The topological polar surface area (TPSA) is 87.8 Å². The van der Waals surface area contributed by atoms with Gasteiger partial charge in [-0.15, -0.1) is 0 Å². The van der Waals surface area contributed by atoms with Crippen LogP contribution in [0.25, 0.3) is 0 Å². The summed E-state index contributed by atoms with van der Waals surface area (Å²) in [5.41, 5.74) is 1.85. The summed E-state index contributed by atoms with van der Waals surface area (Å²) in [6, 6.07) is 5.19. The van der Waals surface area contributed by atoms with Gasteiger partial charge in [0.2, 0.25) is 12.7 Å². The van der Waals surface area contributed by atoms with Crippen molar-refractivity contribution in [1.29, 1.82) is 0 Å². The molecule has 136 valence electrons. The maximum absolute atomic E-state index is 12.9. The Balaban J connectivity index is 1.56. The van der Waals surface area contributed by atoms with Crippen LogP contribution in [0.1, 0.15) is 21.6 Å². The summed E-state index contributed by atoms with van der Waals surface area (Å²) < 4.78 is 10.6. The van der Waals surface area contributed by atoms with Gasteiger partial charge in [0, 0.05) is 44.7 Å². The van der Waals surface area contributed by atoms with Crippen LogP contribution in [0.4, 0.5) is 5.95 Å². The number of hydrogen-bond acceptors (Lipinski definition) is 6. The average molecular weight is 356 g/mol. The molecule has 0 radical (unpaired) electrons. The Kier molecular flexibility index (Phi) is 4.02. The van der Waals surface area contributed by atoms with Gasteiger partial charge in [-0.1, -0.05) is 0 Å². The van der Waals surface area contributed by atoms with Gasteiger partial charge in [-0.05, 0) is 24.6 Å². The summed E-state index contributed by atoms with van der Waals surface area (Å²) in [7, 11) is 3.66. The van der Waals surface area contributed by atoms with Crippen LogP contribution in [0.2, 0.25) is 0 Å². The van der Waals surface area contributed by atoms with Crippen molar-refractivity contribution < 1.29 is 14.3 Å². The van der Waals surface area contributed by atoms with Crippen LogP contribution < -0.4 is 19.9 Å². The molecule has 26 heavy (non-hydrogen) atoms. The summed E-state index contributed by atoms with van der Waals surface area (Å²) in [6.07, 6.45) is 1.04. The van der Waals surface area contributed by atoms with E-state index in [1.807, 2.05) is 14.1 Å². The lowest BCUT2D eigenvalue weighted by Crippen LogP contribution is -2.33. The van der Waals surface area contributed by atoms with Crippen molar-refractivity contribution >= 4 is 11.9 Å². The molecule has 1 N–H and O–H groups in total. The largest absolute Gasteiger partial charge is 0.454 e. The number of ether oxygens (including phenoxy) is 2. The minimum absolute atomic E-state index is 0.0830. The van der Waals surface area contributed by atoms with E-state index < -0.39 is 0 Å². The van der Waals surface area contributed by atoms with Crippen molar-refractivity contribution in [3.05, 3.63) is 45.4 Å². The van der Waals surface area contributed by atoms with Gasteiger partial charge in [-0.3, -0.25) is 14.6 Å². The molecule has 2 aromatic rings.